The fraction of sp³-hybridized carbons (Fsp3) is 0. The Morgan fingerprint density at radius 1 is 0.271 bits per heavy atom. The van der Waals surface area contributed by atoms with Gasteiger partial charge in [0.05, 0.1) is 22.1 Å². The zero-order valence-corrected chi connectivity index (χ0v) is 26.2. The Kier molecular flexibility index (Phi) is 5.91. The first-order chi connectivity index (χ1) is 23.8. The van der Waals surface area contributed by atoms with Crippen LogP contribution in [0.1, 0.15) is 0 Å². The lowest BCUT2D eigenvalue weighted by Crippen LogP contribution is -1.98. The molecule has 0 bridgehead atoms. The van der Waals surface area contributed by atoms with Crippen LogP contribution in [-0.4, -0.2) is 9.13 Å². The summed E-state index contributed by atoms with van der Waals surface area (Å²) >= 11 is 0. The summed E-state index contributed by atoms with van der Waals surface area (Å²) in [7, 11) is 0. The van der Waals surface area contributed by atoms with Crippen LogP contribution in [0.4, 0.5) is 0 Å². The van der Waals surface area contributed by atoms with E-state index in [0.717, 1.165) is 11.4 Å². The van der Waals surface area contributed by atoms with Crippen LogP contribution in [0.5, 0.6) is 0 Å². The maximum atomic E-state index is 2.42. The van der Waals surface area contributed by atoms with Gasteiger partial charge in [0.15, 0.2) is 0 Å². The molecule has 0 saturated heterocycles. The first kappa shape index (κ1) is 26.8. The van der Waals surface area contributed by atoms with Crippen molar-refractivity contribution in [2.75, 3.05) is 0 Å². The number of hydrogen-bond acceptors (Lipinski definition) is 0. The van der Waals surface area contributed by atoms with Gasteiger partial charge in [-0.2, -0.15) is 0 Å². The first-order valence-corrected chi connectivity index (χ1v) is 16.5. The van der Waals surface area contributed by atoms with E-state index < -0.39 is 0 Å². The number of fused-ring (bicyclic) bond motifs is 7. The highest BCUT2D eigenvalue weighted by atomic mass is 15.0. The van der Waals surface area contributed by atoms with Crippen LogP contribution in [0.15, 0.2) is 182 Å². The Balaban J connectivity index is 1.17. The third-order valence-electron chi connectivity index (χ3n) is 9.90. The Morgan fingerprint density at radius 3 is 1.46 bits per heavy atom. The minimum atomic E-state index is 1.14. The maximum absolute atomic E-state index is 2.42. The average Bonchev–Trinajstić information content (AvgIpc) is 3.67. The van der Waals surface area contributed by atoms with Gasteiger partial charge in [0, 0.05) is 32.9 Å². The van der Waals surface area contributed by atoms with Crippen molar-refractivity contribution >= 4 is 54.4 Å². The van der Waals surface area contributed by atoms with Gasteiger partial charge in [-0.15, -0.1) is 0 Å². The Bertz CT molecular complexity index is 2830. The van der Waals surface area contributed by atoms with Crippen LogP contribution in [0, 0.1) is 0 Å². The lowest BCUT2D eigenvalue weighted by molar-refractivity contribution is 1.13. The summed E-state index contributed by atoms with van der Waals surface area (Å²) < 4.78 is 4.83. The molecule has 10 aromatic rings. The fourth-order valence-corrected chi connectivity index (χ4v) is 7.73. The second-order valence-electron chi connectivity index (χ2n) is 12.6. The van der Waals surface area contributed by atoms with Gasteiger partial charge in [-0.05, 0) is 87.6 Å². The van der Waals surface area contributed by atoms with Gasteiger partial charge < -0.3 is 9.13 Å². The van der Waals surface area contributed by atoms with Gasteiger partial charge in [0.1, 0.15) is 0 Å². The molecule has 0 aliphatic carbocycles. The number of rotatable bonds is 4. The van der Waals surface area contributed by atoms with Crippen molar-refractivity contribution in [3.8, 4) is 33.6 Å². The summed E-state index contributed by atoms with van der Waals surface area (Å²) in [5.74, 6) is 0. The highest BCUT2D eigenvalue weighted by molar-refractivity contribution is 6.12. The van der Waals surface area contributed by atoms with E-state index in [1.165, 1.54) is 76.6 Å². The van der Waals surface area contributed by atoms with E-state index in [9.17, 15) is 0 Å². The largest absolute Gasteiger partial charge is 0.309 e. The van der Waals surface area contributed by atoms with Gasteiger partial charge >= 0.3 is 0 Å². The van der Waals surface area contributed by atoms with Crippen molar-refractivity contribution in [3.05, 3.63) is 182 Å². The van der Waals surface area contributed by atoms with Crippen LogP contribution >= 0.6 is 0 Å². The lowest BCUT2D eigenvalue weighted by atomic mass is 9.97. The summed E-state index contributed by atoms with van der Waals surface area (Å²) in [5.41, 5.74) is 12.1. The smallest absolute Gasteiger partial charge is 0.0541 e. The topological polar surface area (TPSA) is 9.86 Å². The highest BCUT2D eigenvalue weighted by Gasteiger charge is 2.17. The Hall–Kier alpha value is -6.38. The lowest BCUT2D eigenvalue weighted by Gasteiger charge is -2.13. The third-order valence-corrected chi connectivity index (χ3v) is 9.90. The van der Waals surface area contributed by atoms with Crippen molar-refractivity contribution in [1.82, 2.24) is 9.13 Å². The van der Waals surface area contributed by atoms with Crippen molar-refractivity contribution in [1.29, 1.82) is 0 Å². The predicted octanol–water partition coefficient (Wildman–Crippen LogP) is 12.4. The van der Waals surface area contributed by atoms with Crippen LogP contribution in [0.2, 0.25) is 0 Å². The van der Waals surface area contributed by atoms with Crippen molar-refractivity contribution in [2.45, 2.75) is 0 Å². The molecule has 2 heteroatoms. The molecule has 0 amide bonds. The molecule has 2 aromatic heterocycles. The zero-order chi connectivity index (χ0) is 31.6. The quantitative estimate of drug-likeness (QED) is 0.188. The first-order valence-electron chi connectivity index (χ1n) is 16.5. The van der Waals surface area contributed by atoms with E-state index >= 15 is 0 Å². The molecule has 0 aliphatic rings. The number of para-hydroxylation sites is 2. The van der Waals surface area contributed by atoms with E-state index in [1.807, 2.05) is 0 Å². The van der Waals surface area contributed by atoms with Crippen LogP contribution < -0.4 is 0 Å². The van der Waals surface area contributed by atoms with E-state index in [4.69, 9.17) is 0 Å². The molecule has 0 spiro atoms. The normalized spacial score (nSPS) is 11.8. The zero-order valence-electron chi connectivity index (χ0n) is 26.2. The van der Waals surface area contributed by atoms with E-state index in [0.29, 0.717) is 0 Å². The number of aromatic nitrogens is 2. The Labute approximate surface area is 278 Å². The second-order valence-corrected chi connectivity index (χ2v) is 12.6. The summed E-state index contributed by atoms with van der Waals surface area (Å²) in [6, 6.07) is 66.2. The minimum absolute atomic E-state index is 1.14. The molecule has 10 rings (SSSR count). The summed E-state index contributed by atoms with van der Waals surface area (Å²) in [6.07, 6.45) is 0. The minimum Gasteiger partial charge on any atom is -0.309 e. The predicted molar refractivity (Wildman–Crippen MR) is 203 cm³/mol. The number of benzene rings is 8. The monoisotopic (exact) mass is 610 g/mol. The number of nitrogens with zero attached hydrogens (tertiary/aromatic N) is 2. The summed E-state index contributed by atoms with van der Waals surface area (Å²) in [5, 5.41) is 7.56. The van der Waals surface area contributed by atoms with Crippen LogP contribution in [0.25, 0.3) is 88.0 Å². The van der Waals surface area contributed by atoms with Gasteiger partial charge in [-0.25, -0.2) is 0 Å². The second kappa shape index (κ2) is 10.6. The maximum Gasteiger partial charge on any atom is 0.0541 e. The third kappa shape index (κ3) is 4.06. The molecule has 0 N–H and O–H groups in total. The highest BCUT2D eigenvalue weighted by Crippen LogP contribution is 2.39. The van der Waals surface area contributed by atoms with E-state index in [2.05, 4.69) is 191 Å². The average molecular weight is 611 g/mol. The van der Waals surface area contributed by atoms with Gasteiger partial charge in [-0.1, -0.05) is 127 Å². The van der Waals surface area contributed by atoms with Gasteiger partial charge in [0.2, 0.25) is 0 Å². The molecule has 8 aromatic carbocycles. The molecule has 2 nitrogen and oxygen atoms in total. The summed E-state index contributed by atoms with van der Waals surface area (Å²) in [6.45, 7) is 0. The SMILES string of the molecule is c1ccc(-c2ccc3c(c2)c2ccccc2n3-c2cccc(-n3c4ccccc4c4cc(-c5cccc6ccccc56)ccc43)c2)cc1. The molecule has 2 heterocycles. The Morgan fingerprint density at radius 2 is 0.771 bits per heavy atom. The molecule has 0 saturated carbocycles. The summed E-state index contributed by atoms with van der Waals surface area (Å²) in [4.78, 5) is 0. The standard InChI is InChI=1S/C46H30N2/c1-2-12-31(13-3-1)33-24-26-45-41(28-33)39-19-6-8-22-43(39)47(45)35-16-11-17-36(30-35)48-44-23-9-7-20-40(44)42-29-34(25-27-46(42)48)38-21-10-15-32-14-4-5-18-37(32)38/h1-30H. The molecular weight excluding hydrogens is 581 g/mol. The molecule has 0 atom stereocenters. The molecule has 0 fully saturated rings. The van der Waals surface area contributed by atoms with Crippen molar-refractivity contribution < 1.29 is 0 Å². The molecule has 0 aliphatic heterocycles. The number of hydrogen-bond donors (Lipinski definition) is 0. The van der Waals surface area contributed by atoms with E-state index in [1.54, 1.807) is 0 Å². The van der Waals surface area contributed by atoms with Gasteiger partial charge in [0.25, 0.3) is 0 Å². The van der Waals surface area contributed by atoms with Gasteiger partial charge in [-0.3, -0.25) is 0 Å². The molecule has 224 valence electrons. The molecular formula is C46H30N2. The van der Waals surface area contributed by atoms with Crippen molar-refractivity contribution in [2.24, 2.45) is 0 Å². The van der Waals surface area contributed by atoms with Crippen LogP contribution in [0.3, 0.4) is 0 Å². The molecule has 0 radical (unpaired) electrons. The van der Waals surface area contributed by atoms with Crippen molar-refractivity contribution in [3.63, 3.8) is 0 Å². The van der Waals surface area contributed by atoms with E-state index in [-0.39, 0.29) is 0 Å². The molecule has 0 unspecified atom stereocenters. The van der Waals surface area contributed by atoms with Crippen LogP contribution in [-0.2, 0) is 0 Å². The fourth-order valence-electron chi connectivity index (χ4n) is 7.73. The molecule has 48 heavy (non-hydrogen) atoms.